The third kappa shape index (κ3) is 4.15. The first-order chi connectivity index (χ1) is 13.0. The van der Waals surface area contributed by atoms with Gasteiger partial charge >= 0.3 is 5.97 Å². The van der Waals surface area contributed by atoms with Gasteiger partial charge in [0, 0.05) is 16.5 Å². The molecule has 0 radical (unpaired) electrons. The van der Waals surface area contributed by atoms with Gasteiger partial charge in [-0.1, -0.05) is 18.2 Å². The fourth-order valence-electron chi connectivity index (χ4n) is 3.15. The Balaban J connectivity index is 1.59. The van der Waals surface area contributed by atoms with Crippen LogP contribution in [0.4, 0.5) is 0 Å². The van der Waals surface area contributed by atoms with Crippen LogP contribution in [0.25, 0.3) is 10.8 Å². The number of amides is 2. The van der Waals surface area contributed by atoms with E-state index in [1.807, 2.05) is 31.2 Å². The van der Waals surface area contributed by atoms with Crippen molar-refractivity contribution in [2.75, 3.05) is 33.0 Å². The molecule has 0 aromatic heterocycles. The number of hydrogen-bond acceptors (Lipinski definition) is 5. The van der Waals surface area contributed by atoms with Gasteiger partial charge in [-0.15, -0.1) is 0 Å². The van der Waals surface area contributed by atoms with Crippen molar-refractivity contribution in [3.63, 3.8) is 0 Å². The van der Waals surface area contributed by atoms with E-state index in [1.165, 1.54) is 4.90 Å². The Hall–Kier alpha value is -2.77. The Morgan fingerprint density at radius 3 is 2.44 bits per heavy atom. The molecular weight excluding hydrogens is 350 g/mol. The first-order valence-corrected chi connectivity index (χ1v) is 8.76. The van der Waals surface area contributed by atoms with E-state index < -0.39 is 5.97 Å². The zero-order valence-electron chi connectivity index (χ0n) is 15.1. The summed E-state index contributed by atoms with van der Waals surface area (Å²) in [5.41, 5.74) is 2.03. The van der Waals surface area contributed by atoms with Gasteiger partial charge in [0.05, 0.1) is 39.4 Å². The average molecular weight is 371 g/mol. The molecular formula is C20H21NO6. The predicted molar refractivity (Wildman–Crippen MR) is 97.9 cm³/mol. The summed E-state index contributed by atoms with van der Waals surface area (Å²) in [6, 6.07) is 9.23. The second kappa shape index (κ2) is 8.28. The lowest BCUT2D eigenvalue weighted by molar-refractivity contribution is -0.138. The van der Waals surface area contributed by atoms with Gasteiger partial charge in [0.2, 0.25) is 0 Å². The molecule has 2 amide bonds. The Kier molecular flexibility index (Phi) is 5.83. The van der Waals surface area contributed by atoms with E-state index in [2.05, 4.69) is 0 Å². The Bertz CT molecular complexity index is 891. The molecule has 7 nitrogen and oxygen atoms in total. The van der Waals surface area contributed by atoms with Crippen LogP contribution in [0.15, 0.2) is 30.3 Å². The van der Waals surface area contributed by atoms with Crippen LogP contribution in [-0.2, 0) is 14.3 Å². The van der Waals surface area contributed by atoms with Crippen LogP contribution >= 0.6 is 0 Å². The molecule has 142 valence electrons. The van der Waals surface area contributed by atoms with Crippen molar-refractivity contribution in [2.24, 2.45) is 0 Å². The first-order valence-electron chi connectivity index (χ1n) is 8.76. The Morgan fingerprint density at radius 2 is 1.70 bits per heavy atom. The number of carboxylic acids is 1. The minimum atomic E-state index is -0.913. The number of carbonyl (C=O) groups excluding carboxylic acids is 2. The third-order valence-electron chi connectivity index (χ3n) is 4.36. The molecule has 2 aromatic rings. The van der Waals surface area contributed by atoms with Crippen LogP contribution in [0.1, 0.15) is 32.7 Å². The molecule has 1 aliphatic heterocycles. The first kappa shape index (κ1) is 19.0. The summed E-state index contributed by atoms with van der Waals surface area (Å²) in [5.74, 6) is -1.54. The second-order valence-electron chi connectivity index (χ2n) is 6.35. The van der Waals surface area contributed by atoms with Gasteiger partial charge in [-0.2, -0.15) is 0 Å². The number of rotatable bonds is 9. The van der Waals surface area contributed by atoms with Crippen molar-refractivity contribution in [3.05, 3.63) is 47.0 Å². The summed E-state index contributed by atoms with van der Waals surface area (Å²) in [4.78, 5) is 37.1. The molecule has 2 aromatic carbocycles. The Morgan fingerprint density at radius 1 is 1.00 bits per heavy atom. The van der Waals surface area contributed by atoms with Crippen molar-refractivity contribution in [3.8, 4) is 0 Å². The maximum Gasteiger partial charge on any atom is 0.305 e. The largest absolute Gasteiger partial charge is 0.481 e. The molecule has 1 N–H and O–H groups in total. The second-order valence-corrected chi connectivity index (χ2v) is 6.35. The maximum absolute atomic E-state index is 12.8. The summed E-state index contributed by atoms with van der Waals surface area (Å²) in [6.07, 6.45) is -0.0544. The topological polar surface area (TPSA) is 93.1 Å². The quantitative estimate of drug-likeness (QED) is 0.537. The predicted octanol–water partition coefficient (Wildman–Crippen LogP) is 2.25. The van der Waals surface area contributed by atoms with Crippen LogP contribution < -0.4 is 0 Å². The van der Waals surface area contributed by atoms with Gasteiger partial charge in [0.15, 0.2) is 0 Å². The SMILES string of the molecule is Cc1cc2c3c(cccc3c1)C(=O)N(CCOCCOCCC(=O)O)C2=O. The minimum absolute atomic E-state index is 0.0544. The lowest BCUT2D eigenvalue weighted by Crippen LogP contribution is -2.42. The van der Waals surface area contributed by atoms with Gasteiger partial charge in [-0.25, -0.2) is 0 Å². The molecule has 7 heteroatoms. The highest BCUT2D eigenvalue weighted by Crippen LogP contribution is 2.30. The zero-order valence-corrected chi connectivity index (χ0v) is 15.1. The van der Waals surface area contributed by atoms with E-state index in [4.69, 9.17) is 14.6 Å². The third-order valence-corrected chi connectivity index (χ3v) is 4.36. The molecule has 0 bridgehead atoms. The van der Waals surface area contributed by atoms with Gasteiger partial charge < -0.3 is 14.6 Å². The monoisotopic (exact) mass is 371 g/mol. The molecule has 27 heavy (non-hydrogen) atoms. The fourth-order valence-corrected chi connectivity index (χ4v) is 3.15. The van der Waals surface area contributed by atoms with Crippen molar-refractivity contribution >= 4 is 28.6 Å². The van der Waals surface area contributed by atoms with E-state index in [0.29, 0.717) is 16.5 Å². The van der Waals surface area contributed by atoms with Crippen molar-refractivity contribution in [2.45, 2.75) is 13.3 Å². The van der Waals surface area contributed by atoms with Crippen LogP contribution in [-0.4, -0.2) is 60.8 Å². The summed E-state index contributed by atoms with van der Waals surface area (Å²) in [7, 11) is 0. The van der Waals surface area contributed by atoms with Crippen LogP contribution in [0.5, 0.6) is 0 Å². The number of benzene rings is 2. The van der Waals surface area contributed by atoms with Crippen molar-refractivity contribution in [1.29, 1.82) is 0 Å². The van der Waals surface area contributed by atoms with Crippen LogP contribution in [0, 0.1) is 6.92 Å². The molecule has 0 spiro atoms. The van der Waals surface area contributed by atoms with E-state index in [9.17, 15) is 14.4 Å². The van der Waals surface area contributed by atoms with Gasteiger partial charge in [0.25, 0.3) is 11.8 Å². The highest BCUT2D eigenvalue weighted by atomic mass is 16.5. The van der Waals surface area contributed by atoms with Gasteiger partial charge in [0.1, 0.15) is 0 Å². The fraction of sp³-hybridized carbons (Fsp3) is 0.350. The van der Waals surface area contributed by atoms with E-state index in [1.54, 1.807) is 6.07 Å². The summed E-state index contributed by atoms with van der Waals surface area (Å²) >= 11 is 0. The van der Waals surface area contributed by atoms with Gasteiger partial charge in [-0.3, -0.25) is 19.3 Å². The van der Waals surface area contributed by atoms with E-state index in [0.717, 1.165) is 10.9 Å². The minimum Gasteiger partial charge on any atom is -0.481 e. The van der Waals surface area contributed by atoms with Gasteiger partial charge in [-0.05, 0) is 30.0 Å². The number of aryl methyl sites for hydroxylation is 1. The van der Waals surface area contributed by atoms with E-state index in [-0.39, 0.29) is 51.2 Å². The number of carboxylic acid groups (broad SMARTS) is 1. The lowest BCUT2D eigenvalue weighted by atomic mass is 9.92. The molecule has 1 aliphatic rings. The van der Waals surface area contributed by atoms with Crippen molar-refractivity contribution < 1.29 is 29.0 Å². The molecule has 1 heterocycles. The molecule has 0 aliphatic carbocycles. The van der Waals surface area contributed by atoms with Crippen LogP contribution in [0.2, 0.25) is 0 Å². The zero-order chi connectivity index (χ0) is 19.4. The summed E-state index contributed by atoms with van der Waals surface area (Å²) < 4.78 is 10.5. The standard InChI is InChI=1S/C20H21NO6/c1-13-11-14-3-2-4-15-18(14)16(12-13)20(25)21(19(15)24)6-8-27-10-9-26-7-5-17(22)23/h2-4,11-12H,5-10H2,1H3,(H,22,23). The number of imide groups is 1. The number of aliphatic carboxylic acids is 1. The molecule has 0 atom stereocenters. The average Bonchev–Trinajstić information content (AvgIpc) is 2.63. The number of ether oxygens (including phenoxy) is 2. The molecule has 0 saturated heterocycles. The Labute approximate surface area is 156 Å². The maximum atomic E-state index is 12.8. The number of carbonyl (C=O) groups is 3. The summed E-state index contributed by atoms with van der Waals surface area (Å²) in [6.45, 7) is 2.91. The summed E-state index contributed by atoms with van der Waals surface area (Å²) in [5, 5.41) is 10.1. The number of hydrogen-bond donors (Lipinski definition) is 1. The lowest BCUT2D eigenvalue weighted by Gasteiger charge is -2.27. The highest BCUT2D eigenvalue weighted by Gasteiger charge is 2.32. The van der Waals surface area contributed by atoms with E-state index >= 15 is 0 Å². The highest BCUT2D eigenvalue weighted by molar-refractivity contribution is 6.25. The van der Waals surface area contributed by atoms with Crippen molar-refractivity contribution in [1.82, 2.24) is 4.90 Å². The molecule has 0 unspecified atom stereocenters. The van der Waals surface area contributed by atoms with Crippen LogP contribution in [0.3, 0.4) is 0 Å². The number of nitrogens with zero attached hydrogens (tertiary/aromatic N) is 1. The smallest absolute Gasteiger partial charge is 0.305 e. The molecule has 0 fully saturated rings. The molecule has 3 rings (SSSR count). The normalized spacial score (nSPS) is 13.4. The molecule has 0 saturated carbocycles.